The number of aryl methyl sites for hydroxylation is 2. The SMILES string of the molecule is Cc1cc(F)c(-c2cc(S(C)=O)nn2C)cc1C(=O)NCC(F)(F)F. The number of halogens is 4. The van der Waals surface area contributed by atoms with Crippen molar-refractivity contribution < 1.29 is 26.6 Å². The average Bonchev–Trinajstić information content (AvgIpc) is 2.86. The maximum atomic E-state index is 14.3. The Labute approximate surface area is 143 Å². The van der Waals surface area contributed by atoms with E-state index >= 15 is 0 Å². The van der Waals surface area contributed by atoms with Gasteiger partial charge in [-0.15, -0.1) is 0 Å². The molecule has 0 aliphatic carbocycles. The van der Waals surface area contributed by atoms with Gasteiger partial charge in [-0.25, -0.2) is 4.39 Å². The zero-order chi connectivity index (χ0) is 18.9. The number of hydrogen-bond donors (Lipinski definition) is 1. The minimum atomic E-state index is -4.55. The van der Waals surface area contributed by atoms with Gasteiger partial charge in [0.1, 0.15) is 17.4 Å². The summed E-state index contributed by atoms with van der Waals surface area (Å²) in [5.41, 5.74) is 0.352. The number of carbonyl (C=O) groups excluding carboxylic acids is 1. The first-order valence-corrected chi connectivity index (χ1v) is 8.58. The second-order valence-electron chi connectivity index (χ2n) is 5.39. The molecule has 10 heteroatoms. The van der Waals surface area contributed by atoms with Crippen molar-refractivity contribution in [2.75, 3.05) is 12.8 Å². The lowest BCUT2D eigenvalue weighted by Crippen LogP contribution is -2.34. The fraction of sp³-hybridized carbons (Fsp3) is 0.333. The van der Waals surface area contributed by atoms with Gasteiger partial charge in [-0.3, -0.25) is 13.7 Å². The highest BCUT2D eigenvalue weighted by molar-refractivity contribution is 7.84. The summed E-state index contributed by atoms with van der Waals surface area (Å²) in [5.74, 6) is -1.63. The molecule has 0 bridgehead atoms. The Morgan fingerprint density at radius 2 is 1.96 bits per heavy atom. The van der Waals surface area contributed by atoms with E-state index in [0.29, 0.717) is 0 Å². The van der Waals surface area contributed by atoms with Crippen LogP contribution in [0.1, 0.15) is 15.9 Å². The fourth-order valence-electron chi connectivity index (χ4n) is 2.22. The highest BCUT2D eigenvalue weighted by Crippen LogP contribution is 2.27. The summed E-state index contributed by atoms with van der Waals surface area (Å²) in [6.45, 7) is -0.0617. The summed E-state index contributed by atoms with van der Waals surface area (Å²) < 4.78 is 63.9. The van der Waals surface area contributed by atoms with Crippen molar-refractivity contribution >= 4 is 16.7 Å². The minimum absolute atomic E-state index is 0.0190. The fourth-order valence-corrected chi connectivity index (χ4v) is 2.74. The van der Waals surface area contributed by atoms with E-state index in [9.17, 15) is 26.6 Å². The maximum Gasteiger partial charge on any atom is 0.405 e. The van der Waals surface area contributed by atoms with E-state index in [0.717, 1.165) is 12.1 Å². The number of amides is 1. The number of nitrogens with one attached hydrogen (secondary N) is 1. The number of hydrogen-bond acceptors (Lipinski definition) is 3. The molecular formula is C15H15F4N3O2S. The topological polar surface area (TPSA) is 64.0 Å². The number of benzene rings is 1. The zero-order valence-electron chi connectivity index (χ0n) is 13.6. The van der Waals surface area contributed by atoms with Gasteiger partial charge in [-0.2, -0.15) is 18.3 Å². The number of aromatic nitrogens is 2. The van der Waals surface area contributed by atoms with Crippen LogP contribution in [0.15, 0.2) is 23.2 Å². The predicted molar refractivity (Wildman–Crippen MR) is 84.1 cm³/mol. The van der Waals surface area contributed by atoms with E-state index in [1.807, 2.05) is 0 Å². The number of rotatable bonds is 4. The summed E-state index contributed by atoms with van der Waals surface area (Å²) in [6.07, 6.45) is -3.14. The number of nitrogens with zero attached hydrogens (tertiary/aromatic N) is 2. The van der Waals surface area contributed by atoms with Crippen LogP contribution in [0, 0.1) is 12.7 Å². The minimum Gasteiger partial charge on any atom is -0.343 e. The third-order valence-electron chi connectivity index (χ3n) is 3.44. The number of alkyl halides is 3. The van der Waals surface area contributed by atoms with Crippen molar-refractivity contribution in [3.8, 4) is 11.3 Å². The van der Waals surface area contributed by atoms with Gasteiger partial charge in [0, 0.05) is 30.5 Å². The summed E-state index contributed by atoms with van der Waals surface area (Å²) in [5, 5.41) is 5.97. The zero-order valence-corrected chi connectivity index (χ0v) is 14.4. The van der Waals surface area contributed by atoms with Crippen LogP contribution in [0.3, 0.4) is 0 Å². The van der Waals surface area contributed by atoms with Crippen molar-refractivity contribution in [2.24, 2.45) is 7.05 Å². The van der Waals surface area contributed by atoms with Gasteiger partial charge in [0.25, 0.3) is 5.91 Å². The molecule has 136 valence electrons. The van der Waals surface area contributed by atoms with Gasteiger partial charge in [0.2, 0.25) is 0 Å². The molecule has 1 N–H and O–H groups in total. The van der Waals surface area contributed by atoms with Crippen LogP contribution in [0.4, 0.5) is 17.6 Å². The van der Waals surface area contributed by atoms with Crippen LogP contribution < -0.4 is 5.32 Å². The summed E-state index contributed by atoms with van der Waals surface area (Å²) >= 11 is 0. The Morgan fingerprint density at radius 3 is 2.48 bits per heavy atom. The lowest BCUT2D eigenvalue weighted by Gasteiger charge is -2.12. The molecule has 0 spiro atoms. The normalized spacial score (nSPS) is 12.9. The molecule has 1 aromatic heterocycles. The van der Waals surface area contributed by atoms with Crippen LogP contribution in [0.2, 0.25) is 0 Å². The Kier molecular flexibility index (Phi) is 5.31. The Hall–Kier alpha value is -2.23. The largest absolute Gasteiger partial charge is 0.405 e. The van der Waals surface area contributed by atoms with Gasteiger partial charge in [-0.05, 0) is 24.6 Å². The quantitative estimate of drug-likeness (QED) is 0.833. The molecular weight excluding hydrogens is 362 g/mol. The van der Waals surface area contributed by atoms with Crippen molar-refractivity contribution in [3.63, 3.8) is 0 Å². The van der Waals surface area contributed by atoms with Crippen LogP contribution in [-0.2, 0) is 17.8 Å². The van der Waals surface area contributed by atoms with Crippen molar-refractivity contribution in [1.82, 2.24) is 15.1 Å². The highest BCUT2D eigenvalue weighted by atomic mass is 32.2. The van der Waals surface area contributed by atoms with E-state index in [1.165, 1.54) is 31.0 Å². The molecule has 1 heterocycles. The van der Waals surface area contributed by atoms with Gasteiger partial charge < -0.3 is 5.32 Å². The van der Waals surface area contributed by atoms with Gasteiger partial charge in [0.05, 0.1) is 16.5 Å². The molecule has 1 aromatic carbocycles. The van der Waals surface area contributed by atoms with E-state index in [2.05, 4.69) is 5.10 Å². The molecule has 25 heavy (non-hydrogen) atoms. The highest BCUT2D eigenvalue weighted by Gasteiger charge is 2.28. The molecule has 0 fully saturated rings. The third kappa shape index (κ3) is 4.44. The first-order chi connectivity index (χ1) is 11.5. The third-order valence-corrected chi connectivity index (χ3v) is 4.22. The monoisotopic (exact) mass is 377 g/mol. The first-order valence-electron chi connectivity index (χ1n) is 7.02. The number of carbonyl (C=O) groups is 1. The summed E-state index contributed by atoms with van der Waals surface area (Å²) in [7, 11) is 0.119. The molecule has 0 radical (unpaired) electrons. The van der Waals surface area contributed by atoms with Crippen LogP contribution in [0.5, 0.6) is 0 Å². The Balaban J connectivity index is 2.44. The lowest BCUT2D eigenvalue weighted by molar-refractivity contribution is -0.123. The molecule has 2 rings (SSSR count). The first kappa shape index (κ1) is 19.1. The molecule has 1 unspecified atom stereocenters. The average molecular weight is 377 g/mol. The lowest BCUT2D eigenvalue weighted by atomic mass is 10.0. The second kappa shape index (κ2) is 6.95. The molecule has 0 saturated carbocycles. The predicted octanol–water partition coefficient (Wildman–Crippen LogP) is 2.56. The van der Waals surface area contributed by atoms with E-state index < -0.39 is 35.2 Å². The van der Waals surface area contributed by atoms with Gasteiger partial charge >= 0.3 is 6.18 Å². The smallest absolute Gasteiger partial charge is 0.343 e. The van der Waals surface area contributed by atoms with Crippen molar-refractivity contribution in [2.45, 2.75) is 18.1 Å². The molecule has 2 aromatic rings. The Morgan fingerprint density at radius 1 is 1.32 bits per heavy atom. The molecule has 1 atom stereocenters. The van der Waals surface area contributed by atoms with Crippen LogP contribution in [0.25, 0.3) is 11.3 Å². The van der Waals surface area contributed by atoms with Crippen molar-refractivity contribution in [3.05, 3.63) is 35.1 Å². The van der Waals surface area contributed by atoms with Gasteiger partial charge in [-0.1, -0.05) is 0 Å². The Bertz CT molecular complexity index is 846. The molecule has 0 saturated heterocycles. The summed E-state index contributed by atoms with van der Waals surface area (Å²) in [6, 6.07) is 3.63. The van der Waals surface area contributed by atoms with Gasteiger partial charge in [0.15, 0.2) is 0 Å². The van der Waals surface area contributed by atoms with E-state index in [4.69, 9.17) is 0 Å². The molecule has 5 nitrogen and oxygen atoms in total. The molecule has 1 amide bonds. The summed E-state index contributed by atoms with van der Waals surface area (Å²) in [4.78, 5) is 12.0. The van der Waals surface area contributed by atoms with E-state index in [1.54, 1.807) is 5.32 Å². The van der Waals surface area contributed by atoms with Crippen LogP contribution >= 0.6 is 0 Å². The van der Waals surface area contributed by atoms with Crippen LogP contribution in [-0.4, -0.2) is 38.9 Å². The second-order valence-corrected chi connectivity index (χ2v) is 6.72. The maximum absolute atomic E-state index is 14.3. The molecule has 0 aliphatic rings. The molecule has 0 aliphatic heterocycles. The standard InChI is InChI=1S/C15H15F4N3O2S/c1-8-4-11(16)10(12-6-13(25(3)24)21-22(12)2)5-9(8)14(23)20-7-15(17,18)19/h4-6H,7H2,1-3H3,(H,20,23). The van der Waals surface area contributed by atoms with Crippen molar-refractivity contribution in [1.29, 1.82) is 0 Å². The van der Waals surface area contributed by atoms with E-state index in [-0.39, 0.29) is 27.4 Å².